The normalized spacial score (nSPS) is 24.4. The number of carbonyl (C=O) groups excluding carboxylic acids is 2. The second-order valence-corrected chi connectivity index (χ2v) is 13.3. The number of aromatic hydroxyl groups is 1. The zero-order chi connectivity index (χ0) is 28.7. The maximum absolute atomic E-state index is 13.7. The molecular formula is C33H33BrN2O4S. The van der Waals surface area contributed by atoms with Crippen LogP contribution in [0.25, 0.3) is 11.6 Å². The van der Waals surface area contributed by atoms with Gasteiger partial charge in [-0.05, 0) is 84.2 Å². The molecule has 1 aromatic carbocycles. The quantitative estimate of drug-likeness (QED) is 0.212. The number of allylic oxidation sites excluding steroid dienone is 2. The van der Waals surface area contributed by atoms with E-state index in [0.29, 0.717) is 31.6 Å². The Morgan fingerprint density at radius 1 is 1.17 bits per heavy atom. The van der Waals surface area contributed by atoms with E-state index in [0.717, 1.165) is 27.0 Å². The molecule has 3 aliphatic rings. The van der Waals surface area contributed by atoms with Gasteiger partial charge in [0.1, 0.15) is 5.75 Å². The average Bonchev–Trinajstić information content (AvgIpc) is 3.69. The van der Waals surface area contributed by atoms with Gasteiger partial charge in [-0.25, -0.2) is 0 Å². The maximum Gasteiger partial charge on any atom is 0.234 e. The Balaban J connectivity index is 1.28. The molecule has 2 amide bonds. The smallest absolute Gasteiger partial charge is 0.234 e. The van der Waals surface area contributed by atoms with Gasteiger partial charge in [0.05, 0.1) is 36.8 Å². The predicted molar refractivity (Wildman–Crippen MR) is 164 cm³/mol. The minimum Gasteiger partial charge on any atom is -0.507 e. The molecule has 6 rings (SSSR count). The van der Waals surface area contributed by atoms with E-state index in [9.17, 15) is 14.7 Å². The highest BCUT2D eigenvalue weighted by atomic mass is 79.9. The lowest BCUT2D eigenvalue weighted by atomic mass is 9.67. The van der Waals surface area contributed by atoms with Gasteiger partial charge >= 0.3 is 0 Å². The third-order valence-corrected chi connectivity index (χ3v) is 9.97. The van der Waals surface area contributed by atoms with E-state index in [4.69, 9.17) is 4.74 Å². The van der Waals surface area contributed by atoms with Gasteiger partial charge in [0.15, 0.2) is 0 Å². The van der Waals surface area contributed by atoms with Crippen LogP contribution in [0.4, 0.5) is 0 Å². The molecule has 0 spiro atoms. The summed E-state index contributed by atoms with van der Waals surface area (Å²) >= 11 is 5.08. The van der Waals surface area contributed by atoms with Crippen molar-refractivity contribution in [1.82, 2.24) is 9.88 Å². The predicted octanol–water partition coefficient (Wildman–Crippen LogP) is 7.10. The fourth-order valence-corrected chi connectivity index (χ4v) is 7.75. The number of benzene rings is 1. The molecule has 2 aliphatic heterocycles. The van der Waals surface area contributed by atoms with Crippen molar-refractivity contribution in [2.75, 3.05) is 6.61 Å². The van der Waals surface area contributed by atoms with Crippen molar-refractivity contribution in [3.63, 3.8) is 0 Å². The van der Waals surface area contributed by atoms with Crippen LogP contribution in [-0.2, 0) is 20.9 Å². The number of amides is 2. The SMILES string of the molecule is CC(C)C1=C2[C@@H](CC/C(=C/c3cc(Br)ccc3O)c3ccccn3)OC[C@@H]2[C@@H]2C(=O)N(Cc3cccs3)C(=O)[C@@H]2C1. The van der Waals surface area contributed by atoms with E-state index in [2.05, 4.69) is 34.8 Å². The first-order chi connectivity index (χ1) is 19.8. The number of phenolic OH excluding ortho intramolecular Hbond substituents is 1. The van der Waals surface area contributed by atoms with Gasteiger partial charge < -0.3 is 9.84 Å². The molecule has 4 heterocycles. The summed E-state index contributed by atoms with van der Waals surface area (Å²) in [5.74, 6) is -0.355. The first-order valence-electron chi connectivity index (χ1n) is 14.1. The number of thiophene rings is 1. The summed E-state index contributed by atoms with van der Waals surface area (Å²) in [6, 6.07) is 15.1. The third-order valence-electron chi connectivity index (χ3n) is 8.62. The maximum atomic E-state index is 13.7. The molecule has 1 N–H and O–H groups in total. The third kappa shape index (κ3) is 5.45. The van der Waals surface area contributed by atoms with E-state index in [-0.39, 0.29) is 47.3 Å². The summed E-state index contributed by atoms with van der Waals surface area (Å²) in [5, 5.41) is 12.5. The van der Waals surface area contributed by atoms with Crippen LogP contribution in [0.1, 0.15) is 49.2 Å². The van der Waals surface area contributed by atoms with Gasteiger partial charge in [-0.15, -0.1) is 11.3 Å². The fourth-order valence-electron chi connectivity index (χ4n) is 6.68. The Hall–Kier alpha value is -3.07. The number of rotatable bonds is 8. The van der Waals surface area contributed by atoms with Crippen molar-refractivity contribution in [3.05, 3.63) is 91.9 Å². The lowest BCUT2D eigenvalue weighted by Gasteiger charge is -2.33. The Morgan fingerprint density at radius 2 is 2.02 bits per heavy atom. The molecule has 41 heavy (non-hydrogen) atoms. The molecule has 6 nitrogen and oxygen atoms in total. The number of imide groups is 1. The van der Waals surface area contributed by atoms with Crippen LogP contribution in [0.15, 0.2) is 75.7 Å². The number of fused-ring (bicyclic) bond motifs is 3. The van der Waals surface area contributed by atoms with Gasteiger partial charge in [-0.1, -0.05) is 47.5 Å². The van der Waals surface area contributed by atoms with Crippen molar-refractivity contribution in [2.24, 2.45) is 23.7 Å². The molecule has 2 aromatic heterocycles. The highest BCUT2D eigenvalue weighted by molar-refractivity contribution is 9.10. The number of pyridine rings is 1. The number of hydrogen-bond donors (Lipinski definition) is 1. The number of aromatic nitrogens is 1. The Morgan fingerprint density at radius 3 is 2.76 bits per heavy atom. The summed E-state index contributed by atoms with van der Waals surface area (Å²) in [4.78, 5) is 34.3. The first kappa shape index (κ1) is 28.1. The topological polar surface area (TPSA) is 79.7 Å². The molecule has 1 aliphatic carbocycles. The van der Waals surface area contributed by atoms with E-state index in [1.807, 2.05) is 53.9 Å². The molecular weight excluding hydrogens is 600 g/mol. The molecule has 0 radical (unpaired) electrons. The second-order valence-electron chi connectivity index (χ2n) is 11.4. The van der Waals surface area contributed by atoms with Crippen molar-refractivity contribution >= 4 is 50.7 Å². The van der Waals surface area contributed by atoms with Crippen LogP contribution in [0.3, 0.4) is 0 Å². The summed E-state index contributed by atoms with van der Waals surface area (Å²) in [6.07, 6.45) is 5.66. The standard InChI is InChI=1S/C33H33BrN2O4S/c1-19(2)24-16-25-31(33(39)36(32(25)38)17-23-6-5-13-41-23)26-18-40-29(30(24)26)11-8-20(27-7-3-4-12-35-27)14-21-15-22(34)9-10-28(21)37/h3-7,9-10,12-15,19,25-26,29,31,37H,8,11,16-18H2,1-2H3/b20-14-/t25-,26+,29-,31-/m1/s1. The second kappa shape index (κ2) is 11.7. The number of halogens is 1. The van der Waals surface area contributed by atoms with Gasteiger partial charge in [0, 0.05) is 27.0 Å². The molecule has 212 valence electrons. The minimum absolute atomic E-state index is 0.0387. The van der Waals surface area contributed by atoms with Crippen LogP contribution >= 0.6 is 27.3 Å². The average molecular weight is 634 g/mol. The molecule has 4 atom stereocenters. The number of carbonyl (C=O) groups is 2. The monoisotopic (exact) mass is 632 g/mol. The zero-order valence-corrected chi connectivity index (χ0v) is 25.5. The summed E-state index contributed by atoms with van der Waals surface area (Å²) in [7, 11) is 0. The van der Waals surface area contributed by atoms with Crippen LogP contribution in [0.2, 0.25) is 0 Å². The van der Waals surface area contributed by atoms with Gasteiger partial charge in [0.25, 0.3) is 0 Å². The number of likely N-dealkylation sites (tertiary alicyclic amines) is 1. The van der Waals surface area contributed by atoms with E-state index in [1.165, 1.54) is 16.0 Å². The summed E-state index contributed by atoms with van der Waals surface area (Å²) in [5.41, 5.74) is 5.07. The highest BCUT2D eigenvalue weighted by Gasteiger charge is 2.57. The first-order valence-corrected chi connectivity index (χ1v) is 15.8. The fraction of sp³-hybridized carbons (Fsp3) is 0.364. The van der Waals surface area contributed by atoms with Crippen molar-refractivity contribution in [3.8, 4) is 5.75 Å². The molecule has 2 fully saturated rings. The number of phenols is 1. The lowest BCUT2D eigenvalue weighted by molar-refractivity contribution is -0.140. The summed E-state index contributed by atoms with van der Waals surface area (Å²) < 4.78 is 7.34. The van der Waals surface area contributed by atoms with Crippen LogP contribution < -0.4 is 0 Å². The van der Waals surface area contributed by atoms with Crippen molar-refractivity contribution in [2.45, 2.75) is 45.8 Å². The minimum atomic E-state index is -0.352. The largest absolute Gasteiger partial charge is 0.507 e. The van der Waals surface area contributed by atoms with Gasteiger partial charge in [0.2, 0.25) is 11.8 Å². The molecule has 2 saturated heterocycles. The van der Waals surface area contributed by atoms with Crippen LogP contribution in [0, 0.1) is 23.7 Å². The van der Waals surface area contributed by atoms with E-state index >= 15 is 0 Å². The zero-order valence-electron chi connectivity index (χ0n) is 23.1. The van der Waals surface area contributed by atoms with Crippen LogP contribution in [-0.4, -0.2) is 39.5 Å². The van der Waals surface area contributed by atoms with E-state index < -0.39 is 0 Å². The molecule has 3 aromatic rings. The lowest BCUT2D eigenvalue weighted by Crippen LogP contribution is -2.35. The van der Waals surface area contributed by atoms with Crippen molar-refractivity contribution < 1.29 is 19.4 Å². The highest BCUT2D eigenvalue weighted by Crippen LogP contribution is 2.51. The molecule has 8 heteroatoms. The molecule has 0 unspecified atom stereocenters. The van der Waals surface area contributed by atoms with Gasteiger partial charge in [-0.2, -0.15) is 0 Å². The Kier molecular flexibility index (Phi) is 7.99. The Labute approximate surface area is 252 Å². The van der Waals surface area contributed by atoms with Gasteiger partial charge in [-0.3, -0.25) is 19.5 Å². The molecule has 0 saturated carbocycles. The van der Waals surface area contributed by atoms with E-state index in [1.54, 1.807) is 23.6 Å². The molecule has 0 bridgehead atoms. The Bertz CT molecular complexity index is 1520. The number of hydrogen-bond acceptors (Lipinski definition) is 6. The number of nitrogens with zero attached hydrogens (tertiary/aromatic N) is 2. The number of ether oxygens (including phenoxy) is 1. The van der Waals surface area contributed by atoms with Crippen LogP contribution in [0.5, 0.6) is 5.75 Å². The summed E-state index contributed by atoms with van der Waals surface area (Å²) in [6.45, 7) is 5.16. The van der Waals surface area contributed by atoms with Crippen molar-refractivity contribution in [1.29, 1.82) is 0 Å².